The van der Waals surface area contributed by atoms with E-state index in [0.29, 0.717) is 12.0 Å². The Bertz CT molecular complexity index is 366. The first-order valence-corrected chi connectivity index (χ1v) is 7.45. The molecule has 0 saturated carbocycles. The first-order chi connectivity index (χ1) is 9.16. The standard InChI is InChI=1S/C16H27N3/c1-13(2)15-4-6-16(7-5-15)18-12-14(3)19-10-8-17-9-11-19/h4-7,13-14,17-18H,8-12H2,1-3H3. The van der Waals surface area contributed by atoms with Crippen LogP contribution in [0.4, 0.5) is 5.69 Å². The monoisotopic (exact) mass is 261 g/mol. The van der Waals surface area contributed by atoms with E-state index in [0.717, 1.165) is 32.7 Å². The van der Waals surface area contributed by atoms with Gasteiger partial charge in [0.25, 0.3) is 0 Å². The Morgan fingerprint density at radius 2 is 1.74 bits per heavy atom. The Morgan fingerprint density at radius 1 is 1.11 bits per heavy atom. The lowest BCUT2D eigenvalue weighted by Gasteiger charge is -2.33. The molecule has 0 aromatic heterocycles. The van der Waals surface area contributed by atoms with E-state index in [1.807, 2.05) is 0 Å². The number of hydrogen-bond donors (Lipinski definition) is 2. The van der Waals surface area contributed by atoms with E-state index in [1.165, 1.54) is 11.3 Å². The summed E-state index contributed by atoms with van der Waals surface area (Å²) >= 11 is 0. The van der Waals surface area contributed by atoms with E-state index >= 15 is 0 Å². The maximum Gasteiger partial charge on any atom is 0.0340 e. The number of rotatable bonds is 5. The average molecular weight is 261 g/mol. The smallest absolute Gasteiger partial charge is 0.0340 e. The van der Waals surface area contributed by atoms with Crippen LogP contribution in [0.2, 0.25) is 0 Å². The lowest BCUT2D eigenvalue weighted by atomic mass is 10.0. The van der Waals surface area contributed by atoms with Crippen LogP contribution in [0.3, 0.4) is 0 Å². The van der Waals surface area contributed by atoms with Gasteiger partial charge >= 0.3 is 0 Å². The zero-order valence-electron chi connectivity index (χ0n) is 12.4. The van der Waals surface area contributed by atoms with E-state index in [9.17, 15) is 0 Å². The molecule has 2 N–H and O–H groups in total. The fourth-order valence-corrected chi connectivity index (χ4v) is 2.50. The average Bonchev–Trinajstić information content (AvgIpc) is 2.46. The van der Waals surface area contributed by atoms with Crippen LogP contribution in [0.5, 0.6) is 0 Å². The third-order valence-electron chi connectivity index (χ3n) is 3.95. The predicted octanol–water partition coefficient (Wildman–Crippen LogP) is 2.52. The number of hydrogen-bond acceptors (Lipinski definition) is 3. The molecule has 3 heteroatoms. The number of piperazine rings is 1. The Morgan fingerprint density at radius 3 is 2.32 bits per heavy atom. The second kappa shape index (κ2) is 6.92. The molecule has 1 aliphatic heterocycles. The van der Waals surface area contributed by atoms with E-state index in [2.05, 4.69) is 60.6 Å². The summed E-state index contributed by atoms with van der Waals surface area (Å²) in [6.07, 6.45) is 0. The van der Waals surface area contributed by atoms with Crippen molar-refractivity contribution < 1.29 is 0 Å². The highest BCUT2D eigenvalue weighted by molar-refractivity contribution is 5.45. The van der Waals surface area contributed by atoms with Gasteiger partial charge in [-0.15, -0.1) is 0 Å². The lowest BCUT2D eigenvalue weighted by molar-refractivity contribution is 0.191. The fraction of sp³-hybridized carbons (Fsp3) is 0.625. The third kappa shape index (κ3) is 4.22. The molecule has 0 radical (unpaired) electrons. The molecule has 0 spiro atoms. The summed E-state index contributed by atoms with van der Waals surface area (Å²) in [4.78, 5) is 2.55. The van der Waals surface area contributed by atoms with Gasteiger partial charge in [0.1, 0.15) is 0 Å². The molecule has 1 aromatic rings. The minimum atomic E-state index is 0.590. The molecule has 1 aromatic carbocycles. The first kappa shape index (κ1) is 14.4. The van der Waals surface area contributed by atoms with Crippen LogP contribution in [0, 0.1) is 0 Å². The van der Waals surface area contributed by atoms with Crippen LogP contribution in [0.1, 0.15) is 32.3 Å². The van der Waals surface area contributed by atoms with Gasteiger partial charge in [-0.2, -0.15) is 0 Å². The third-order valence-corrected chi connectivity index (χ3v) is 3.95. The highest BCUT2D eigenvalue weighted by atomic mass is 15.2. The molecular weight excluding hydrogens is 234 g/mol. The van der Waals surface area contributed by atoms with Crippen LogP contribution >= 0.6 is 0 Å². The Labute approximate surface area is 117 Å². The summed E-state index contributed by atoms with van der Waals surface area (Å²) in [6.45, 7) is 12.3. The van der Waals surface area contributed by atoms with Crippen molar-refractivity contribution in [3.05, 3.63) is 29.8 Å². The Kier molecular flexibility index (Phi) is 5.23. The SMILES string of the molecule is CC(C)c1ccc(NCC(C)N2CCNCC2)cc1. The summed E-state index contributed by atoms with van der Waals surface area (Å²) in [6, 6.07) is 9.43. The van der Waals surface area contributed by atoms with Gasteiger partial charge in [-0.25, -0.2) is 0 Å². The topological polar surface area (TPSA) is 27.3 Å². The molecule has 106 valence electrons. The second-order valence-corrected chi connectivity index (χ2v) is 5.79. The minimum Gasteiger partial charge on any atom is -0.383 e. The largest absolute Gasteiger partial charge is 0.383 e. The number of nitrogens with one attached hydrogen (secondary N) is 2. The molecular formula is C16H27N3. The molecule has 1 aliphatic rings. The van der Waals surface area contributed by atoms with Gasteiger partial charge < -0.3 is 10.6 Å². The minimum absolute atomic E-state index is 0.590. The van der Waals surface area contributed by atoms with Gasteiger partial charge in [0.05, 0.1) is 0 Å². The quantitative estimate of drug-likeness (QED) is 0.853. The number of nitrogens with zero attached hydrogens (tertiary/aromatic N) is 1. The van der Waals surface area contributed by atoms with Gasteiger partial charge in [-0.3, -0.25) is 4.90 Å². The van der Waals surface area contributed by atoms with Gasteiger partial charge in [0.15, 0.2) is 0 Å². The van der Waals surface area contributed by atoms with Crippen LogP contribution in [-0.4, -0.2) is 43.7 Å². The molecule has 3 nitrogen and oxygen atoms in total. The molecule has 1 unspecified atom stereocenters. The molecule has 0 bridgehead atoms. The Balaban J connectivity index is 1.80. The zero-order valence-corrected chi connectivity index (χ0v) is 12.4. The molecule has 1 saturated heterocycles. The molecule has 2 rings (SSSR count). The van der Waals surface area contributed by atoms with Crippen molar-refractivity contribution in [2.45, 2.75) is 32.7 Å². The van der Waals surface area contributed by atoms with Crippen LogP contribution in [0.15, 0.2) is 24.3 Å². The molecule has 0 aliphatic carbocycles. The van der Waals surface area contributed by atoms with E-state index in [-0.39, 0.29) is 0 Å². The fourth-order valence-electron chi connectivity index (χ4n) is 2.50. The molecule has 1 heterocycles. The molecule has 19 heavy (non-hydrogen) atoms. The van der Waals surface area contributed by atoms with Crippen molar-refractivity contribution >= 4 is 5.69 Å². The van der Waals surface area contributed by atoms with Gasteiger partial charge in [0, 0.05) is 44.5 Å². The van der Waals surface area contributed by atoms with Crippen molar-refractivity contribution in [2.24, 2.45) is 0 Å². The summed E-state index contributed by atoms with van der Waals surface area (Å²) in [7, 11) is 0. The van der Waals surface area contributed by atoms with Crippen LogP contribution < -0.4 is 10.6 Å². The van der Waals surface area contributed by atoms with Crippen molar-refractivity contribution in [1.82, 2.24) is 10.2 Å². The van der Waals surface area contributed by atoms with Crippen LogP contribution in [0.25, 0.3) is 0 Å². The highest BCUT2D eigenvalue weighted by Crippen LogP contribution is 2.17. The van der Waals surface area contributed by atoms with Gasteiger partial charge in [0.2, 0.25) is 0 Å². The second-order valence-electron chi connectivity index (χ2n) is 5.79. The van der Waals surface area contributed by atoms with Crippen LogP contribution in [-0.2, 0) is 0 Å². The summed E-state index contributed by atoms with van der Waals surface area (Å²) in [5.74, 6) is 0.605. The van der Waals surface area contributed by atoms with Crippen molar-refractivity contribution in [2.75, 3.05) is 38.0 Å². The van der Waals surface area contributed by atoms with E-state index in [4.69, 9.17) is 0 Å². The molecule has 0 amide bonds. The maximum atomic E-state index is 3.55. The first-order valence-electron chi connectivity index (χ1n) is 7.45. The predicted molar refractivity (Wildman–Crippen MR) is 82.9 cm³/mol. The maximum absolute atomic E-state index is 3.55. The number of anilines is 1. The molecule has 1 fully saturated rings. The zero-order chi connectivity index (χ0) is 13.7. The summed E-state index contributed by atoms with van der Waals surface area (Å²) in [5.41, 5.74) is 2.63. The van der Waals surface area contributed by atoms with Crippen molar-refractivity contribution in [3.8, 4) is 0 Å². The lowest BCUT2D eigenvalue weighted by Crippen LogP contribution is -2.49. The van der Waals surface area contributed by atoms with E-state index in [1.54, 1.807) is 0 Å². The number of benzene rings is 1. The van der Waals surface area contributed by atoms with Gasteiger partial charge in [-0.1, -0.05) is 26.0 Å². The van der Waals surface area contributed by atoms with Crippen molar-refractivity contribution in [1.29, 1.82) is 0 Å². The normalized spacial score (nSPS) is 18.5. The van der Waals surface area contributed by atoms with E-state index < -0.39 is 0 Å². The summed E-state index contributed by atoms with van der Waals surface area (Å²) < 4.78 is 0. The Hall–Kier alpha value is -1.06. The molecule has 1 atom stereocenters. The summed E-state index contributed by atoms with van der Waals surface area (Å²) in [5, 5.41) is 6.94. The van der Waals surface area contributed by atoms with Crippen molar-refractivity contribution in [3.63, 3.8) is 0 Å². The highest BCUT2D eigenvalue weighted by Gasteiger charge is 2.15. The van der Waals surface area contributed by atoms with Gasteiger partial charge in [-0.05, 0) is 30.5 Å².